The maximum atomic E-state index is 13.0. The number of carbonyl (C=O) groups is 2. The van der Waals surface area contributed by atoms with Crippen molar-refractivity contribution in [2.75, 3.05) is 26.2 Å². The Kier molecular flexibility index (Phi) is 4.78. The zero-order valence-electron chi connectivity index (χ0n) is 16.9. The molecule has 6 rings (SSSR count). The second-order valence-corrected chi connectivity index (χ2v) is 8.68. The zero-order valence-corrected chi connectivity index (χ0v) is 16.9. The maximum absolute atomic E-state index is 13.0. The number of fused-ring (bicyclic) bond motifs is 4. The molecule has 7 nitrogen and oxygen atoms in total. The third-order valence-electron chi connectivity index (χ3n) is 7.04. The summed E-state index contributed by atoms with van der Waals surface area (Å²) in [6.45, 7) is 6.00. The standard InChI is InChI=1S/C22H28N4O3/c1-14-20(15-5-9-25(14)10-6-15)24-21(27)18-11-16-17(13-29-19(16)12-23-18)22(28)26-7-3-2-4-8-26/h11-15,20H,2-10H2,1H3,(H,24,27). The summed E-state index contributed by atoms with van der Waals surface area (Å²) in [5.74, 6) is 0.343. The van der Waals surface area contributed by atoms with Crippen molar-refractivity contribution in [1.29, 1.82) is 0 Å². The normalized spacial score (nSPS) is 29.2. The summed E-state index contributed by atoms with van der Waals surface area (Å²) in [5, 5.41) is 3.89. The summed E-state index contributed by atoms with van der Waals surface area (Å²) in [7, 11) is 0. The first-order valence-corrected chi connectivity index (χ1v) is 10.8. The number of hydrogen-bond donors (Lipinski definition) is 1. The minimum atomic E-state index is -0.171. The molecule has 154 valence electrons. The first-order chi connectivity index (χ1) is 14.1. The highest BCUT2D eigenvalue weighted by molar-refractivity contribution is 6.07. The SMILES string of the molecule is CC1C(NC(=O)c2cc3c(C(=O)N4CCCCC4)coc3cn2)C2CCN1CC2. The van der Waals surface area contributed by atoms with Crippen molar-refractivity contribution in [3.8, 4) is 0 Å². The van der Waals surface area contributed by atoms with Crippen LogP contribution in [-0.2, 0) is 0 Å². The van der Waals surface area contributed by atoms with E-state index in [2.05, 4.69) is 22.1 Å². The average molecular weight is 396 g/mol. The van der Waals surface area contributed by atoms with Gasteiger partial charge in [-0.3, -0.25) is 14.5 Å². The molecule has 2 unspecified atom stereocenters. The van der Waals surface area contributed by atoms with E-state index in [1.807, 2.05) is 4.90 Å². The summed E-state index contributed by atoms with van der Waals surface area (Å²) in [6, 6.07) is 2.21. The van der Waals surface area contributed by atoms with Gasteiger partial charge < -0.3 is 14.6 Å². The van der Waals surface area contributed by atoms with E-state index in [0.29, 0.717) is 34.2 Å². The van der Waals surface area contributed by atoms with Crippen molar-refractivity contribution in [2.24, 2.45) is 5.92 Å². The fourth-order valence-electron chi connectivity index (χ4n) is 5.26. The van der Waals surface area contributed by atoms with Crippen molar-refractivity contribution in [2.45, 2.75) is 51.1 Å². The number of nitrogens with zero attached hydrogens (tertiary/aromatic N) is 3. The van der Waals surface area contributed by atoms with Gasteiger partial charge >= 0.3 is 0 Å². The van der Waals surface area contributed by atoms with Gasteiger partial charge in [-0.05, 0) is 64.1 Å². The molecule has 2 atom stereocenters. The fraction of sp³-hybridized carbons (Fsp3) is 0.591. The van der Waals surface area contributed by atoms with Crippen LogP contribution in [0.5, 0.6) is 0 Å². The molecule has 2 amide bonds. The molecule has 4 saturated heterocycles. The highest BCUT2D eigenvalue weighted by Gasteiger charge is 2.40. The molecule has 7 heteroatoms. The minimum Gasteiger partial charge on any atom is -0.462 e. The Labute approximate surface area is 170 Å². The van der Waals surface area contributed by atoms with E-state index in [9.17, 15) is 9.59 Å². The average Bonchev–Trinajstić information content (AvgIpc) is 3.20. The van der Waals surface area contributed by atoms with Crippen LogP contribution in [0.2, 0.25) is 0 Å². The van der Waals surface area contributed by atoms with Crippen LogP contribution in [-0.4, -0.2) is 64.9 Å². The number of hydrogen-bond acceptors (Lipinski definition) is 5. The molecule has 2 aromatic heterocycles. The first-order valence-electron chi connectivity index (χ1n) is 10.8. The number of likely N-dealkylation sites (tertiary alicyclic amines) is 1. The Hall–Kier alpha value is -2.41. The van der Waals surface area contributed by atoms with Gasteiger partial charge in [0.05, 0.1) is 11.8 Å². The van der Waals surface area contributed by atoms with E-state index in [-0.39, 0.29) is 17.9 Å². The summed E-state index contributed by atoms with van der Waals surface area (Å²) in [5.41, 5.74) is 1.41. The summed E-state index contributed by atoms with van der Waals surface area (Å²) in [4.78, 5) is 34.5. The monoisotopic (exact) mass is 396 g/mol. The van der Waals surface area contributed by atoms with Crippen molar-refractivity contribution in [1.82, 2.24) is 20.1 Å². The maximum Gasteiger partial charge on any atom is 0.270 e. The third kappa shape index (κ3) is 3.31. The van der Waals surface area contributed by atoms with Crippen molar-refractivity contribution < 1.29 is 14.0 Å². The van der Waals surface area contributed by atoms with Crippen LogP contribution in [0.3, 0.4) is 0 Å². The molecule has 0 aliphatic carbocycles. The Morgan fingerprint density at radius 3 is 2.62 bits per heavy atom. The Morgan fingerprint density at radius 1 is 1.14 bits per heavy atom. The molecule has 0 spiro atoms. The quantitative estimate of drug-likeness (QED) is 0.863. The molecular weight excluding hydrogens is 368 g/mol. The van der Waals surface area contributed by atoms with E-state index in [1.54, 1.807) is 12.3 Å². The van der Waals surface area contributed by atoms with Crippen LogP contribution in [0.1, 0.15) is 59.9 Å². The molecule has 0 radical (unpaired) electrons. The number of rotatable bonds is 3. The van der Waals surface area contributed by atoms with Crippen LogP contribution in [0.15, 0.2) is 22.9 Å². The van der Waals surface area contributed by atoms with Gasteiger partial charge in [0, 0.05) is 30.6 Å². The number of pyridine rings is 1. The lowest BCUT2D eigenvalue weighted by Crippen LogP contribution is -2.62. The van der Waals surface area contributed by atoms with Gasteiger partial charge in [-0.1, -0.05) is 0 Å². The van der Waals surface area contributed by atoms with Crippen molar-refractivity contribution >= 4 is 22.8 Å². The van der Waals surface area contributed by atoms with Crippen molar-refractivity contribution in [3.63, 3.8) is 0 Å². The lowest BCUT2D eigenvalue weighted by Gasteiger charge is -2.49. The fourth-order valence-corrected chi connectivity index (χ4v) is 5.26. The molecular formula is C22H28N4O3. The topological polar surface area (TPSA) is 78.7 Å². The van der Waals surface area contributed by atoms with Crippen LogP contribution in [0.4, 0.5) is 0 Å². The predicted molar refractivity (Wildman–Crippen MR) is 109 cm³/mol. The number of carbonyl (C=O) groups excluding carboxylic acids is 2. The molecule has 0 saturated carbocycles. The van der Waals surface area contributed by atoms with Crippen LogP contribution >= 0.6 is 0 Å². The minimum absolute atomic E-state index is 0.0213. The lowest BCUT2D eigenvalue weighted by atomic mass is 9.79. The Bertz CT molecular complexity index is 923. The number of furan rings is 1. The van der Waals surface area contributed by atoms with Crippen LogP contribution in [0.25, 0.3) is 11.0 Å². The van der Waals surface area contributed by atoms with E-state index >= 15 is 0 Å². The van der Waals surface area contributed by atoms with Gasteiger partial charge in [-0.15, -0.1) is 0 Å². The van der Waals surface area contributed by atoms with Gasteiger partial charge in [-0.25, -0.2) is 4.98 Å². The number of nitrogens with one attached hydrogen (secondary N) is 1. The van der Waals surface area contributed by atoms with E-state index in [1.165, 1.54) is 12.7 Å². The smallest absolute Gasteiger partial charge is 0.270 e. The van der Waals surface area contributed by atoms with Gasteiger partial charge in [0.25, 0.3) is 11.8 Å². The van der Waals surface area contributed by atoms with Gasteiger partial charge in [-0.2, -0.15) is 0 Å². The van der Waals surface area contributed by atoms with Gasteiger partial charge in [0.1, 0.15) is 12.0 Å². The van der Waals surface area contributed by atoms with Gasteiger partial charge in [0.15, 0.2) is 5.58 Å². The molecule has 4 aliphatic rings. The molecule has 2 bridgehead atoms. The molecule has 0 aromatic carbocycles. The highest BCUT2D eigenvalue weighted by Crippen LogP contribution is 2.32. The molecule has 4 fully saturated rings. The van der Waals surface area contributed by atoms with E-state index < -0.39 is 0 Å². The lowest BCUT2D eigenvalue weighted by molar-refractivity contribution is 0.0216. The number of aromatic nitrogens is 1. The first kappa shape index (κ1) is 18.6. The largest absolute Gasteiger partial charge is 0.462 e. The van der Waals surface area contributed by atoms with Crippen LogP contribution < -0.4 is 5.32 Å². The molecule has 2 aromatic rings. The predicted octanol–water partition coefficient (Wildman–Crippen LogP) is 2.67. The van der Waals surface area contributed by atoms with Crippen molar-refractivity contribution in [3.05, 3.63) is 29.8 Å². The molecule has 29 heavy (non-hydrogen) atoms. The second-order valence-electron chi connectivity index (χ2n) is 8.68. The molecule has 4 aliphatic heterocycles. The highest BCUT2D eigenvalue weighted by atomic mass is 16.3. The van der Waals surface area contributed by atoms with E-state index in [0.717, 1.165) is 51.9 Å². The molecule has 6 heterocycles. The Balaban J connectivity index is 1.38. The summed E-state index contributed by atoms with van der Waals surface area (Å²) < 4.78 is 5.55. The zero-order chi connectivity index (χ0) is 20.0. The summed E-state index contributed by atoms with van der Waals surface area (Å²) in [6.07, 6.45) is 8.57. The second kappa shape index (κ2) is 7.44. The third-order valence-corrected chi connectivity index (χ3v) is 7.04. The molecule has 1 N–H and O–H groups in total. The Morgan fingerprint density at radius 2 is 1.90 bits per heavy atom. The van der Waals surface area contributed by atoms with Gasteiger partial charge in [0.2, 0.25) is 0 Å². The van der Waals surface area contributed by atoms with Crippen LogP contribution in [0, 0.1) is 5.92 Å². The van der Waals surface area contributed by atoms with E-state index in [4.69, 9.17) is 4.42 Å². The number of piperidine rings is 4. The number of amides is 2. The summed E-state index contributed by atoms with van der Waals surface area (Å²) >= 11 is 0.